The number of hydrogen-bond donors (Lipinski definition) is 1. The summed E-state index contributed by atoms with van der Waals surface area (Å²) in [5.74, 6) is -0.260. The third kappa shape index (κ3) is 3.98. The monoisotopic (exact) mass is 384 g/mol. The van der Waals surface area contributed by atoms with Crippen molar-refractivity contribution in [2.24, 2.45) is 0 Å². The molecule has 3 aromatic rings. The highest BCUT2D eigenvalue weighted by molar-refractivity contribution is 6.05. The summed E-state index contributed by atoms with van der Waals surface area (Å²) >= 11 is 0. The van der Waals surface area contributed by atoms with E-state index in [0.717, 1.165) is 4.73 Å². The predicted octanol–water partition coefficient (Wildman–Crippen LogP) is 1.87. The number of hydrogen-bond acceptors (Lipinski definition) is 7. The molecule has 0 atom stereocenters. The standard InChI is InChI=1S/C19H22N5O4/c1-11(25)18-14-6-15(13-7-20-12(2)24(27)9-13)21-8-16(14)23(22-18)10-17(26)28-19(3,4)5/h6-9,27H,10H2,1-5H3/q+1. The van der Waals surface area contributed by atoms with Crippen molar-refractivity contribution >= 4 is 22.7 Å². The van der Waals surface area contributed by atoms with Gasteiger partial charge in [0.2, 0.25) is 0 Å². The molecule has 0 aromatic carbocycles. The van der Waals surface area contributed by atoms with Gasteiger partial charge in [-0.2, -0.15) is 5.10 Å². The van der Waals surface area contributed by atoms with Crippen LogP contribution in [-0.4, -0.2) is 42.3 Å². The molecule has 9 heteroatoms. The van der Waals surface area contributed by atoms with Crippen LogP contribution in [0.1, 0.15) is 44.0 Å². The highest BCUT2D eigenvalue weighted by atomic mass is 16.6. The molecule has 0 bridgehead atoms. The topological polar surface area (TPSA) is 111 Å². The first-order valence-corrected chi connectivity index (χ1v) is 8.72. The predicted molar refractivity (Wildman–Crippen MR) is 98.7 cm³/mol. The average molecular weight is 384 g/mol. The smallest absolute Gasteiger partial charge is 0.333 e. The average Bonchev–Trinajstić information content (AvgIpc) is 2.93. The fraction of sp³-hybridized carbons (Fsp3) is 0.368. The summed E-state index contributed by atoms with van der Waals surface area (Å²) in [5, 5.41) is 14.7. The van der Waals surface area contributed by atoms with Gasteiger partial charge in [0, 0.05) is 19.2 Å². The highest BCUT2D eigenvalue weighted by Crippen LogP contribution is 2.24. The Balaban J connectivity index is 2.05. The van der Waals surface area contributed by atoms with Gasteiger partial charge in [-0.1, -0.05) is 9.71 Å². The Bertz CT molecular complexity index is 1080. The Morgan fingerprint density at radius 1 is 1.25 bits per heavy atom. The summed E-state index contributed by atoms with van der Waals surface area (Å²) in [4.78, 5) is 32.7. The molecule has 0 aliphatic rings. The third-order valence-corrected chi connectivity index (χ3v) is 3.95. The Morgan fingerprint density at radius 3 is 2.57 bits per heavy atom. The molecule has 0 spiro atoms. The number of carbonyl (C=O) groups is 2. The van der Waals surface area contributed by atoms with Crippen LogP contribution in [0.5, 0.6) is 0 Å². The van der Waals surface area contributed by atoms with Gasteiger partial charge in [-0.05, 0) is 26.8 Å². The van der Waals surface area contributed by atoms with Gasteiger partial charge in [0.25, 0.3) is 0 Å². The molecular formula is C19H22N5O4+. The normalized spacial score (nSPS) is 11.6. The number of carbonyl (C=O) groups excluding carboxylic acids is 2. The molecule has 3 heterocycles. The molecule has 0 saturated heterocycles. The van der Waals surface area contributed by atoms with Crippen molar-refractivity contribution in [2.45, 2.75) is 46.8 Å². The van der Waals surface area contributed by atoms with E-state index in [0.29, 0.717) is 28.0 Å². The lowest BCUT2D eigenvalue weighted by molar-refractivity contribution is -0.910. The Kier molecular flexibility index (Phi) is 4.84. The number of ketones is 1. The van der Waals surface area contributed by atoms with Crippen molar-refractivity contribution in [3.05, 3.63) is 36.2 Å². The first-order valence-electron chi connectivity index (χ1n) is 8.72. The summed E-state index contributed by atoms with van der Waals surface area (Å²) in [6.07, 6.45) is 4.60. The lowest BCUT2D eigenvalue weighted by atomic mass is 10.1. The Labute approximate surface area is 161 Å². The minimum atomic E-state index is -0.618. The zero-order chi connectivity index (χ0) is 20.6. The van der Waals surface area contributed by atoms with E-state index in [4.69, 9.17) is 4.74 Å². The minimum absolute atomic E-state index is 0.134. The maximum Gasteiger partial charge on any atom is 0.333 e. The lowest BCUT2D eigenvalue weighted by Crippen LogP contribution is -2.34. The molecule has 9 nitrogen and oxygen atoms in total. The zero-order valence-electron chi connectivity index (χ0n) is 16.4. The van der Waals surface area contributed by atoms with Crippen LogP contribution < -0.4 is 4.73 Å². The molecule has 146 valence electrons. The van der Waals surface area contributed by atoms with Crippen LogP contribution in [0.25, 0.3) is 22.2 Å². The molecule has 3 rings (SSSR count). The second-order valence-electron chi connectivity index (χ2n) is 7.47. The summed E-state index contributed by atoms with van der Waals surface area (Å²) in [7, 11) is 0. The van der Waals surface area contributed by atoms with E-state index in [1.807, 2.05) is 0 Å². The van der Waals surface area contributed by atoms with Gasteiger partial charge in [-0.3, -0.25) is 19.3 Å². The van der Waals surface area contributed by atoms with Crippen molar-refractivity contribution in [3.63, 3.8) is 0 Å². The maximum absolute atomic E-state index is 12.2. The van der Waals surface area contributed by atoms with Crippen LogP contribution in [-0.2, 0) is 16.1 Å². The quantitative estimate of drug-likeness (QED) is 0.316. The van der Waals surface area contributed by atoms with Gasteiger partial charge in [-0.15, -0.1) is 0 Å². The van der Waals surface area contributed by atoms with Crippen molar-refractivity contribution in [1.82, 2.24) is 19.7 Å². The number of rotatable bonds is 4. The number of Topliss-reactive ketones (excluding diaryl/α,β-unsaturated/α-hetero) is 1. The van der Waals surface area contributed by atoms with Gasteiger partial charge < -0.3 is 9.94 Å². The van der Waals surface area contributed by atoms with Crippen LogP contribution >= 0.6 is 0 Å². The van der Waals surface area contributed by atoms with Gasteiger partial charge in [0.05, 0.1) is 23.0 Å². The van der Waals surface area contributed by atoms with E-state index < -0.39 is 11.6 Å². The molecular weight excluding hydrogens is 362 g/mol. The van der Waals surface area contributed by atoms with Gasteiger partial charge >= 0.3 is 11.8 Å². The van der Waals surface area contributed by atoms with E-state index in [2.05, 4.69) is 15.1 Å². The van der Waals surface area contributed by atoms with Crippen molar-refractivity contribution < 1.29 is 24.3 Å². The fourth-order valence-corrected chi connectivity index (χ4v) is 2.72. The summed E-state index contributed by atoms with van der Waals surface area (Å²) < 4.78 is 7.65. The molecule has 1 N–H and O–H groups in total. The number of aromatic nitrogens is 5. The van der Waals surface area contributed by atoms with Gasteiger partial charge in [-0.25, -0.2) is 0 Å². The highest BCUT2D eigenvalue weighted by Gasteiger charge is 2.21. The van der Waals surface area contributed by atoms with Crippen LogP contribution in [0.15, 0.2) is 24.7 Å². The molecule has 0 aliphatic carbocycles. The van der Waals surface area contributed by atoms with Crippen LogP contribution in [0, 0.1) is 6.92 Å². The lowest BCUT2D eigenvalue weighted by Gasteiger charge is -2.19. The second kappa shape index (κ2) is 6.99. The maximum atomic E-state index is 12.2. The number of nitrogens with zero attached hydrogens (tertiary/aromatic N) is 5. The van der Waals surface area contributed by atoms with Gasteiger partial charge in [0.1, 0.15) is 24.0 Å². The van der Waals surface area contributed by atoms with Crippen molar-refractivity contribution in [2.75, 3.05) is 0 Å². The SMILES string of the molecule is CC(=O)c1nn(CC(=O)OC(C)(C)C)c2cnc(-c3cnc(C)[n+](O)c3)cc12. The molecule has 3 aromatic heterocycles. The minimum Gasteiger partial charge on any atom is -0.459 e. The number of pyridine rings is 1. The number of fused-ring (bicyclic) bond motifs is 1. The number of esters is 1. The van der Waals surface area contributed by atoms with E-state index in [9.17, 15) is 14.8 Å². The molecule has 0 radical (unpaired) electrons. The van der Waals surface area contributed by atoms with E-state index in [1.165, 1.54) is 24.0 Å². The van der Waals surface area contributed by atoms with E-state index in [-0.39, 0.29) is 18.0 Å². The van der Waals surface area contributed by atoms with Gasteiger partial charge in [0.15, 0.2) is 12.0 Å². The molecule has 0 unspecified atom stereocenters. The first kappa shape index (κ1) is 19.4. The summed E-state index contributed by atoms with van der Waals surface area (Å²) in [6, 6.07) is 1.69. The summed E-state index contributed by atoms with van der Waals surface area (Å²) in [6.45, 7) is 8.28. The van der Waals surface area contributed by atoms with Crippen LogP contribution in [0.3, 0.4) is 0 Å². The molecule has 0 aliphatic heterocycles. The molecule has 0 fully saturated rings. The largest absolute Gasteiger partial charge is 0.459 e. The zero-order valence-corrected chi connectivity index (χ0v) is 16.4. The fourth-order valence-electron chi connectivity index (χ4n) is 2.72. The van der Waals surface area contributed by atoms with Crippen LogP contribution in [0.2, 0.25) is 0 Å². The Hall–Kier alpha value is -3.36. The van der Waals surface area contributed by atoms with Crippen LogP contribution in [0.4, 0.5) is 0 Å². The van der Waals surface area contributed by atoms with E-state index >= 15 is 0 Å². The number of aryl methyl sites for hydroxylation is 1. The van der Waals surface area contributed by atoms with Crippen molar-refractivity contribution in [1.29, 1.82) is 0 Å². The first-order chi connectivity index (χ1) is 13.0. The summed E-state index contributed by atoms with van der Waals surface area (Å²) in [5.41, 5.74) is 1.25. The van der Waals surface area contributed by atoms with Crippen molar-refractivity contribution in [3.8, 4) is 11.3 Å². The van der Waals surface area contributed by atoms with E-state index in [1.54, 1.807) is 40.0 Å². The third-order valence-electron chi connectivity index (χ3n) is 3.95. The second-order valence-corrected chi connectivity index (χ2v) is 7.47. The molecule has 0 saturated carbocycles. The molecule has 0 amide bonds. The Morgan fingerprint density at radius 2 is 1.96 bits per heavy atom. The molecule has 28 heavy (non-hydrogen) atoms. The number of ether oxygens (including phenoxy) is 1.